The first-order chi connectivity index (χ1) is 3.79. The van der Waals surface area contributed by atoms with Gasteiger partial charge in [-0.15, -0.1) is 0 Å². The Hall–Kier alpha value is -0.0400. The van der Waals surface area contributed by atoms with Gasteiger partial charge in [0.1, 0.15) is 0 Å². The van der Waals surface area contributed by atoms with Crippen molar-refractivity contribution >= 4 is 0 Å². The summed E-state index contributed by atoms with van der Waals surface area (Å²) in [6.45, 7) is 4.46. The van der Waals surface area contributed by atoms with E-state index in [2.05, 4.69) is 25.6 Å². The molecular weight excluding hydrogens is 98.1 g/mol. The number of hydrogen-bond acceptors (Lipinski definition) is 1. The molecule has 0 aromatic carbocycles. The Morgan fingerprint density at radius 3 is 2.00 bits per heavy atom. The molecule has 0 aliphatic carbocycles. The summed E-state index contributed by atoms with van der Waals surface area (Å²) in [6, 6.07) is 1.41. The lowest BCUT2D eigenvalue weighted by atomic mass is 10.0. The molecule has 1 aliphatic heterocycles. The minimum Gasteiger partial charge on any atom is -0.312 e. The van der Waals surface area contributed by atoms with E-state index in [1.165, 1.54) is 12.8 Å². The summed E-state index contributed by atoms with van der Waals surface area (Å²) in [7, 11) is 0. The van der Waals surface area contributed by atoms with E-state index in [0.717, 1.165) is 0 Å². The van der Waals surface area contributed by atoms with Gasteiger partial charge in [0.05, 0.1) is 0 Å². The Kier molecular flexibility index (Phi) is 1.90. The van der Waals surface area contributed by atoms with E-state index < -0.39 is 0 Å². The molecule has 47 valence electrons. The Labute approximate surface area is 51.5 Å². The molecule has 1 aliphatic rings. The van der Waals surface area contributed by atoms with Crippen molar-refractivity contribution in [2.75, 3.05) is 0 Å². The van der Waals surface area contributed by atoms with Crippen molar-refractivity contribution in [2.24, 2.45) is 0 Å². The van der Waals surface area contributed by atoms with Crippen molar-refractivity contribution in [1.82, 2.24) is 5.32 Å². The Bertz CT molecular complexity index is 62.8. The Morgan fingerprint density at radius 1 is 1.25 bits per heavy atom. The summed E-state index contributed by atoms with van der Waals surface area (Å²) in [6.07, 6.45) is 4.85. The molecule has 1 heterocycles. The maximum atomic E-state index is 3.45. The molecule has 0 aromatic heterocycles. The highest BCUT2D eigenvalue weighted by Gasteiger charge is 2.12. The number of piperidine rings is 1. The van der Waals surface area contributed by atoms with E-state index in [0.29, 0.717) is 12.1 Å². The molecule has 1 rings (SSSR count). The summed E-state index contributed by atoms with van der Waals surface area (Å²) in [5.74, 6) is 0. The Balaban J connectivity index is 2.23. The summed E-state index contributed by atoms with van der Waals surface area (Å²) < 4.78 is 0. The molecule has 2 atom stereocenters. The molecule has 8 heavy (non-hydrogen) atoms. The van der Waals surface area contributed by atoms with Crippen LogP contribution in [0, 0.1) is 6.42 Å². The molecule has 0 bridgehead atoms. The standard InChI is InChI=1S/C7H14N/c1-6-4-3-5-7(2)8-6/h3,6-8H,4-5H2,1-2H3/t6-,7+. The van der Waals surface area contributed by atoms with Crippen LogP contribution in [0.3, 0.4) is 0 Å². The maximum absolute atomic E-state index is 3.45. The van der Waals surface area contributed by atoms with Crippen LogP contribution in [0.1, 0.15) is 26.7 Å². The van der Waals surface area contributed by atoms with Crippen LogP contribution in [-0.4, -0.2) is 12.1 Å². The van der Waals surface area contributed by atoms with Gasteiger partial charge in [0, 0.05) is 12.1 Å². The summed E-state index contributed by atoms with van der Waals surface area (Å²) >= 11 is 0. The van der Waals surface area contributed by atoms with Crippen molar-refractivity contribution in [3.63, 3.8) is 0 Å². The van der Waals surface area contributed by atoms with Crippen LogP contribution in [0.5, 0.6) is 0 Å². The minimum atomic E-state index is 0.707. The molecule has 0 amide bonds. The lowest BCUT2D eigenvalue weighted by Gasteiger charge is -2.25. The van der Waals surface area contributed by atoms with E-state index in [9.17, 15) is 0 Å². The topological polar surface area (TPSA) is 12.0 Å². The third-order valence-corrected chi connectivity index (χ3v) is 1.61. The zero-order chi connectivity index (χ0) is 5.98. The van der Waals surface area contributed by atoms with Crippen molar-refractivity contribution in [3.05, 3.63) is 6.42 Å². The van der Waals surface area contributed by atoms with Crippen LogP contribution in [0.15, 0.2) is 0 Å². The fraction of sp³-hybridized carbons (Fsp3) is 0.857. The third kappa shape index (κ3) is 1.48. The molecule has 1 heteroatoms. The smallest absolute Gasteiger partial charge is 0.00439 e. The van der Waals surface area contributed by atoms with Gasteiger partial charge in [-0.25, -0.2) is 0 Å². The molecule has 0 saturated carbocycles. The van der Waals surface area contributed by atoms with Crippen LogP contribution in [0.2, 0.25) is 0 Å². The summed E-state index contributed by atoms with van der Waals surface area (Å²) in [5, 5.41) is 3.45. The van der Waals surface area contributed by atoms with Crippen LogP contribution >= 0.6 is 0 Å². The number of nitrogens with one attached hydrogen (secondary N) is 1. The second-order valence-corrected chi connectivity index (χ2v) is 2.73. The van der Waals surface area contributed by atoms with Crippen molar-refractivity contribution < 1.29 is 0 Å². The molecule has 1 radical (unpaired) electrons. The molecule has 0 unspecified atom stereocenters. The van der Waals surface area contributed by atoms with Gasteiger partial charge in [-0.3, -0.25) is 0 Å². The minimum absolute atomic E-state index is 0.707. The van der Waals surface area contributed by atoms with Crippen LogP contribution in [0.4, 0.5) is 0 Å². The van der Waals surface area contributed by atoms with Crippen molar-refractivity contribution in [3.8, 4) is 0 Å². The third-order valence-electron chi connectivity index (χ3n) is 1.61. The molecule has 0 aromatic rings. The van der Waals surface area contributed by atoms with Crippen LogP contribution in [-0.2, 0) is 0 Å². The molecule has 1 fully saturated rings. The van der Waals surface area contributed by atoms with Gasteiger partial charge in [0.25, 0.3) is 0 Å². The van der Waals surface area contributed by atoms with Gasteiger partial charge in [-0.2, -0.15) is 0 Å². The van der Waals surface area contributed by atoms with Gasteiger partial charge in [0.2, 0.25) is 0 Å². The number of rotatable bonds is 0. The quantitative estimate of drug-likeness (QED) is 0.499. The Morgan fingerprint density at radius 2 is 1.75 bits per heavy atom. The molecule has 0 spiro atoms. The highest BCUT2D eigenvalue weighted by atomic mass is 14.9. The predicted octanol–water partition coefficient (Wildman–Crippen LogP) is 1.35. The first-order valence-electron chi connectivity index (χ1n) is 3.37. The van der Waals surface area contributed by atoms with E-state index in [1.54, 1.807) is 0 Å². The molecule has 1 N–H and O–H groups in total. The second kappa shape index (κ2) is 2.49. The average Bonchev–Trinajstić information content (AvgIpc) is 1.64. The van der Waals surface area contributed by atoms with Crippen LogP contribution < -0.4 is 5.32 Å². The van der Waals surface area contributed by atoms with E-state index in [-0.39, 0.29) is 0 Å². The van der Waals surface area contributed by atoms with Gasteiger partial charge >= 0.3 is 0 Å². The fourth-order valence-corrected chi connectivity index (χ4v) is 1.22. The largest absolute Gasteiger partial charge is 0.312 e. The molecule has 1 saturated heterocycles. The lowest BCUT2D eigenvalue weighted by Crippen LogP contribution is -2.38. The summed E-state index contributed by atoms with van der Waals surface area (Å²) in [4.78, 5) is 0. The van der Waals surface area contributed by atoms with Gasteiger partial charge in [-0.05, 0) is 33.1 Å². The van der Waals surface area contributed by atoms with Crippen molar-refractivity contribution in [2.45, 2.75) is 38.8 Å². The fourth-order valence-electron chi connectivity index (χ4n) is 1.22. The zero-order valence-electron chi connectivity index (χ0n) is 5.65. The lowest BCUT2D eigenvalue weighted by molar-refractivity contribution is 0.407. The van der Waals surface area contributed by atoms with Gasteiger partial charge < -0.3 is 5.32 Å². The van der Waals surface area contributed by atoms with E-state index in [4.69, 9.17) is 0 Å². The monoisotopic (exact) mass is 112 g/mol. The second-order valence-electron chi connectivity index (χ2n) is 2.73. The molecule has 1 nitrogen and oxygen atoms in total. The maximum Gasteiger partial charge on any atom is 0.00439 e. The number of hydrogen-bond donors (Lipinski definition) is 1. The van der Waals surface area contributed by atoms with Gasteiger partial charge in [0.15, 0.2) is 0 Å². The van der Waals surface area contributed by atoms with E-state index in [1.807, 2.05) is 0 Å². The first kappa shape index (κ1) is 6.09. The molecular formula is C7H14N. The highest BCUT2D eigenvalue weighted by molar-refractivity contribution is 4.84. The average molecular weight is 112 g/mol. The predicted molar refractivity (Wildman–Crippen MR) is 35.6 cm³/mol. The van der Waals surface area contributed by atoms with Crippen LogP contribution in [0.25, 0.3) is 0 Å². The van der Waals surface area contributed by atoms with E-state index >= 15 is 0 Å². The zero-order valence-corrected chi connectivity index (χ0v) is 5.65. The summed E-state index contributed by atoms with van der Waals surface area (Å²) in [5.41, 5.74) is 0. The SMILES string of the molecule is C[C@@H]1C[CH]C[C@H](C)N1. The van der Waals surface area contributed by atoms with Crippen molar-refractivity contribution in [1.29, 1.82) is 0 Å². The highest BCUT2D eigenvalue weighted by Crippen LogP contribution is 2.09. The van der Waals surface area contributed by atoms with Gasteiger partial charge in [-0.1, -0.05) is 0 Å². The normalized spacial score (nSPS) is 39.8. The first-order valence-corrected chi connectivity index (χ1v) is 3.37.